The number of nitrogens with zero attached hydrogens (tertiary/aromatic N) is 3. The van der Waals surface area contributed by atoms with Crippen LogP contribution in [0.3, 0.4) is 0 Å². The average Bonchev–Trinajstić information content (AvgIpc) is 3.00. The van der Waals surface area contributed by atoms with Crippen molar-refractivity contribution in [2.24, 2.45) is 5.41 Å². The number of amides is 1. The number of ether oxygens (including phenoxy) is 1. The molecule has 2 aliphatic heterocycles. The summed E-state index contributed by atoms with van der Waals surface area (Å²) >= 11 is 0. The Bertz CT molecular complexity index is 623. The van der Waals surface area contributed by atoms with Gasteiger partial charge in [0.15, 0.2) is 0 Å². The number of aryl methyl sites for hydroxylation is 2. The largest absolute Gasteiger partial charge is 0.381 e. The van der Waals surface area contributed by atoms with Crippen molar-refractivity contribution in [3.05, 3.63) is 22.8 Å². The van der Waals surface area contributed by atoms with E-state index in [0.717, 1.165) is 57.0 Å². The van der Waals surface area contributed by atoms with Crippen LogP contribution in [-0.4, -0.2) is 40.5 Å². The molecule has 2 saturated heterocycles. The van der Waals surface area contributed by atoms with Gasteiger partial charge in [0.25, 0.3) is 0 Å². The number of likely N-dealkylation sites (tertiary alicyclic amines) is 1. The lowest BCUT2D eigenvalue weighted by Gasteiger charge is -2.39. The summed E-state index contributed by atoms with van der Waals surface area (Å²) in [4.78, 5) is 23.8. The van der Waals surface area contributed by atoms with Crippen molar-refractivity contribution in [1.82, 2.24) is 14.9 Å². The minimum Gasteiger partial charge on any atom is -0.381 e. The average molecular weight is 315 g/mol. The van der Waals surface area contributed by atoms with E-state index in [1.165, 1.54) is 24.1 Å². The zero-order valence-corrected chi connectivity index (χ0v) is 13.9. The maximum absolute atomic E-state index is 12.3. The Hall–Kier alpha value is -1.49. The van der Waals surface area contributed by atoms with Gasteiger partial charge in [0.2, 0.25) is 5.91 Å². The van der Waals surface area contributed by atoms with E-state index < -0.39 is 0 Å². The van der Waals surface area contributed by atoms with Gasteiger partial charge >= 0.3 is 0 Å². The SMILES string of the molecule is Cc1nc(CN2CC3(CCOC3)CCC2=O)nc2c1CCCC2. The van der Waals surface area contributed by atoms with Crippen LogP contribution in [0.1, 0.15) is 54.9 Å². The third-order valence-electron chi connectivity index (χ3n) is 5.70. The summed E-state index contributed by atoms with van der Waals surface area (Å²) in [7, 11) is 0. The Balaban J connectivity index is 1.54. The molecule has 5 heteroatoms. The lowest BCUT2D eigenvalue weighted by atomic mass is 9.79. The highest BCUT2D eigenvalue weighted by molar-refractivity contribution is 5.77. The number of fused-ring (bicyclic) bond motifs is 1. The molecule has 1 aromatic heterocycles. The second-order valence-corrected chi connectivity index (χ2v) is 7.41. The molecule has 124 valence electrons. The van der Waals surface area contributed by atoms with E-state index in [4.69, 9.17) is 14.7 Å². The third-order valence-corrected chi connectivity index (χ3v) is 5.70. The van der Waals surface area contributed by atoms with Gasteiger partial charge in [0, 0.05) is 36.4 Å². The van der Waals surface area contributed by atoms with Crippen molar-refractivity contribution in [3.63, 3.8) is 0 Å². The summed E-state index contributed by atoms with van der Waals surface area (Å²) in [5.41, 5.74) is 3.83. The summed E-state index contributed by atoms with van der Waals surface area (Å²) in [5.74, 6) is 1.05. The molecule has 0 N–H and O–H groups in total. The topological polar surface area (TPSA) is 55.3 Å². The molecule has 0 saturated carbocycles. The zero-order valence-electron chi connectivity index (χ0n) is 13.9. The van der Waals surface area contributed by atoms with Gasteiger partial charge < -0.3 is 9.64 Å². The van der Waals surface area contributed by atoms with Crippen LogP contribution in [0.2, 0.25) is 0 Å². The maximum atomic E-state index is 12.3. The minimum absolute atomic E-state index is 0.178. The standard InChI is InChI=1S/C18H25N3O2/c1-13-14-4-2-3-5-15(14)20-16(19-13)10-21-11-18(7-6-17(21)22)8-9-23-12-18/h2-12H2,1H3. The summed E-state index contributed by atoms with van der Waals surface area (Å²) in [6, 6.07) is 0. The van der Waals surface area contributed by atoms with E-state index in [-0.39, 0.29) is 11.3 Å². The van der Waals surface area contributed by atoms with E-state index in [1.807, 2.05) is 4.90 Å². The number of hydrogen-bond donors (Lipinski definition) is 0. The van der Waals surface area contributed by atoms with Crippen LogP contribution in [0.25, 0.3) is 0 Å². The van der Waals surface area contributed by atoms with E-state index in [1.54, 1.807) is 0 Å². The second-order valence-electron chi connectivity index (χ2n) is 7.41. The summed E-state index contributed by atoms with van der Waals surface area (Å²) in [6.45, 7) is 5.05. The fourth-order valence-corrected chi connectivity index (χ4v) is 4.30. The molecule has 0 bridgehead atoms. The highest BCUT2D eigenvalue weighted by atomic mass is 16.5. The fourth-order valence-electron chi connectivity index (χ4n) is 4.30. The van der Waals surface area contributed by atoms with Crippen LogP contribution < -0.4 is 0 Å². The highest BCUT2D eigenvalue weighted by Crippen LogP contribution is 2.38. The summed E-state index contributed by atoms with van der Waals surface area (Å²) in [6.07, 6.45) is 7.28. The van der Waals surface area contributed by atoms with Crippen molar-refractivity contribution < 1.29 is 9.53 Å². The van der Waals surface area contributed by atoms with Crippen molar-refractivity contribution >= 4 is 5.91 Å². The van der Waals surface area contributed by atoms with Crippen LogP contribution in [0.5, 0.6) is 0 Å². The Kier molecular flexibility index (Phi) is 3.84. The highest BCUT2D eigenvalue weighted by Gasteiger charge is 2.41. The number of piperidine rings is 1. The lowest BCUT2D eigenvalue weighted by Crippen LogP contribution is -2.46. The van der Waals surface area contributed by atoms with E-state index in [2.05, 4.69) is 6.92 Å². The van der Waals surface area contributed by atoms with Crippen LogP contribution in [0.15, 0.2) is 0 Å². The minimum atomic E-state index is 0.178. The molecular formula is C18H25N3O2. The molecule has 3 heterocycles. The molecule has 3 aliphatic rings. The molecule has 4 rings (SSSR count). The molecule has 1 aromatic rings. The first-order valence-corrected chi connectivity index (χ1v) is 8.86. The number of hydrogen-bond acceptors (Lipinski definition) is 4. The lowest BCUT2D eigenvalue weighted by molar-refractivity contribution is -0.138. The normalized spacial score (nSPS) is 27.5. The van der Waals surface area contributed by atoms with Crippen LogP contribution in [-0.2, 0) is 28.9 Å². The van der Waals surface area contributed by atoms with Crippen molar-refractivity contribution in [3.8, 4) is 0 Å². The fraction of sp³-hybridized carbons (Fsp3) is 0.722. The van der Waals surface area contributed by atoms with Crippen LogP contribution in [0, 0.1) is 12.3 Å². The van der Waals surface area contributed by atoms with Crippen molar-refractivity contribution in [2.45, 2.75) is 58.4 Å². The maximum Gasteiger partial charge on any atom is 0.223 e. The van der Waals surface area contributed by atoms with E-state index in [0.29, 0.717) is 13.0 Å². The first kappa shape index (κ1) is 15.1. The van der Waals surface area contributed by atoms with Gasteiger partial charge in [0.05, 0.1) is 13.2 Å². The van der Waals surface area contributed by atoms with Gasteiger partial charge in [-0.3, -0.25) is 4.79 Å². The third kappa shape index (κ3) is 2.87. The Morgan fingerprint density at radius 3 is 2.87 bits per heavy atom. The van der Waals surface area contributed by atoms with Crippen molar-refractivity contribution in [2.75, 3.05) is 19.8 Å². The summed E-state index contributed by atoms with van der Waals surface area (Å²) in [5, 5.41) is 0. The van der Waals surface area contributed by atoms with Gasteiger partial charge in [-0.05, 0) is 51.0 Å². The molecule has 5 nitrogen and oxygen atoms in total. The molecule has 1 unspecified atom stereocenters. The first-order chi connectivity index (χ1) is 11.2. The predicted octanol–water partition coefficient (Wildman–Crippen LogP) is 2.19. The van der Waals surface area contributed by atoms with Gasteiger partial charge in [-0.1, -0.05) is 0 Å². The van der Waals surface area contributed by atoms with Gasteiger partial charge in [-0.25, -0.2) is 9.97 Å². The quantitative estimate of drug-likeness (QED) is 0.839. The number of rotatable bonds is 2. The monoisotopic (exact) mass is 315 g/mol. The molecule has 0 aromatic carbocycles. The first-order valence-electron chi connectivity index (χ1n) is 8.86. The molecule has 23 heavy (non-hydrogen) atoms. The van der Waals surface area contributed by atoms with Crippen LogP contribution in [0.4, 0.5) is 0 Å². The molecule has 2 fully saturated rings. The smallest absolute Gasteiger partial charge is 0.223 e. The zero-order chi connectivity index (χ0) is 15.9. The van der Waals surface area contributed by atoms with Crippen LogP contribution >= 0.6 is 0 Å². The second kappa shape index (κ2) is 5.86. The predicted molar refractivity (Wildman–Crippen MR) is 85.9 cm³/mol. The molecule has 1 spiro atoms. The summed E-state index contributed by atoms with van der Waals surface area (Å²) < 4.78 is 5.60. The molecule has 1 atom stereocenters. The molecule has 1 aliphatic carbocycles. The van der Waals surface area contributed by atoms with Gasteiger partial charge in [-0.15, -0.1) is 0 Å². The van der Waals surface area contributed by atoms with E-state index in [9.17, 15) is 4.79 Å². The number of aromatic nitrogens is 2. The van der Waals surface area contributed by atoms with E-state index >= 15 is 0 Å². The number of carbonyl (C=O) groups is 1. The van der Waals surface area contributed by atoms with Gasteiger partial charge in [-0.2, -0.15) is 0 Å². The Morgan fingerprint density at radius 1 is 1.17 bits per heavy atom. The molecule has 1 amide bonds. The van der Waals surface area contributed by atoms with Crippen molar-refractivity contribution in [1.29, 1.82) is 0 Å². The molecule has 0 radical (unpaired) electrons. The molecular weight excluding hydrogens is 290 g/mol. The Morgan fingerprint density at radius 2 is 2.04 bits per heavy atom. The number of carbonyl (C=O) groups excluding carboxylic acids is 1. The Labute approximate surface area is 137 Å². The van der Waals surface area contributed by atoms with Gasteiger partial charge in [0.1, 0.15) is 5.82 Å².